The molecule has 2 aromatic rings. The molecule has 0 radical (unpaired) electrons. The molecule has 7 heteroatoms. The van der Waals surface area contributed by atoms with E-state index in [9.17, 15) is 13.2 Å². The van der Waals surface area contributed by atoms with Crippen molar-refractivity contribution in [1.29, 1.82) is 0 Å². The number of hydrogen-bond acceptors (Lipinski definition) is 3. The molecule has 0 fully saturated rings. The van der Waals surface area contributed by atoms with Crippen molar-refractivity contribution in [2.75, 3.05) is 0 Å². The summed E-state index contributed by atoms with van der Waals surface area (Å²) in [6, 6.07) is 1.62. The van der Waals surface area contributed by atoms with Crippen LogP contribution in [0.1, 0.15) is 26.6 Å². The fourth-order valence-corrected chi connectivity index (χ4v) is 2.40. The highest BCUT2D eigenvalue weighted by Crippen LogP contribution is 2.33. The predicted molar refractivity (Wildman–Crippen MR) is 64.5 cm³/mol. The van der Waals surface area contributed by atoms with E-state index in [1.165, 1.54) is 11.8 Å². The van der Waals surface area contributed by atoms with Crippen LogP contribution < -0.4 is 0 Å². The smallest absolute Gasteiger partial charge is 0.319 e. The number of aromatic nitrogens is 3. The van der Waals surface area contributed by atoms with Gasteiger partial charge in [-0.3, -0.25) is 0 Å². The molecule has 0 aliphatic carbocycles. The van der Waals surface area contributed by atoms with Crippen LogP contribution in [0.15, 0.2) is 17.2 Å². The van der Waals surface area contributed by atoms with E-state index in [1.807, 2.05) is 20.8 Å². The largest absolute Gasteiger partial charge is 0.449 e. The molecule has 2 aromatic heterocycles. The summed E-state index contributed by atoms with van der Waals surface area (Å²) in [5, 5.41) is 0. The van der Waals surface area contributed by atoms with Gasteiger partial charge in [-0.25, -0.2) is 9.97 Å². The maximum absolute atomic E-state index is 12.5. The van der Waals surface area contributed by atoms with Crippen LogP contribution >= 0.6 is 11.8 Å². The number of thioether (sulfide) groups is 1. The monoisotopic (exact) mass is 275 g/mol. The predicted octanol–water partition coefficient (Wildman–Crippen LogP) is 3.87. The Morgan fingerprint density at radius 2 is 1.89 bits per heavy atom. The van der Waals surface area contributed by atoms with Crippen LogP contribution in [0.25, 0.3) is 11.2 Å². The number of H-pyrrole nitrogens is 1. The average molecular weight is 275 g/mol. The molecule has 0 saturated heterocycles. The first-order chi connectivity index (χ1) is 8.15. The topological polar surface area (TPSA) is 41.6 Å². The van der Waals surface area contributed by atoms with Crippen molar-refractivity contribution in [2.45, 2.75) is 36.6 Å². The zero-order valence-electron chi connectivity index (χ0n) is 10.1. The highest BCUT2D eigenvalue weighted by molar-refractivity contribution is 8.00. The van der Waals surface area contributed by atoms with Gasteiger partial charge < -0.3 is 4.98 Å². The standard InChI is InChI=1S/C11H12F3N3S/c1-10(2,3)18-6-4-7-8(15-5-6)17-9(16-7)11(12,13)14/h4-5H,1-3H3,(H,15,16,17). The van der Waals surface area contributed by atoms with Gasteiger partial charge in [-0.1, -0.05) is 20.8 Å². The Balaban J connectivity index is 2.40. The molecule has 0 atom stereocenters. The van der Waals surface area contributed by atoms with E-state index < -0.39 is 12.0 Å². The Labute approximate surface area is 106 Å². The molecule has 2 heterocycles. The van der Waals surface area contributed by atoms with Crippen molar-refractivity contribution >= 4 is 22.9 Å². The van der Waals surface area contributed by atoms with E-state index >= 15 is 0 Å². The molecule has 18 heavy (non-hydrogen) atoms. The minimum Gasteiger partial charge on any atom is -0.319 e. The van der Waals surface area contributed by atoms with E-state index in [1.54, 1.807) is 12.3 Å². The lowest BCUT2D eigenvalue weighted by atomic mass is 10.3. The van der Waals surface area contributed by atoms with Crippen LogP contribution in [0.5, 0.6) is 0 Å². The number of alkyl halides is 3. The average Bonchev–Trinajstić information content (AvgIpc) is 2.57. The van der Waals surface area contributed by atoms with E-state index in [4.69, 9.17) is 0 Å². The number of aromatic amines is 1. The summed E-state index contributed by atoms with van der Waals surface area (Å²) in [5.41, 5.74) is 0.386. The Hall–Kier alpha value is -1.24. The van der Waals surface area contributed by atoms with Crippen molar-refractivity contribution in [1.82, 2.24) is 15.0 Å². The number of fused-ring (bicyclic) bond motifs is 1. The van der Waals surface area contributed by atoms with Crippen molar-refractivity contribution < 1.29 is 13.2 Å². The summed E-state index contributed by atoms with van der Waals surface area (Å²) in [7, 11) is 0. The highest BCUT2D eigenvalue weighted by atomic mass is 32.2. The van der Waals surface area contributed by atoms with Gasteiger partial charge in [0.15, 0.2) is 5.65 Å². The Morgan fingerprint density at radius 3 is 2.44 bits per heavy atom. The summed E-state index contributed by atoms with van der Waals surface area (Å²) in [4.78, 5) is 10.4. The third-order valence-corrected chi connectivity index (χ3v) is 3.08. The first-order valence-electron chi connectivity index (χ1n) is 5.27. The van der Waals surface area contributed by atoms with Crippen LogP contribution in [0.3, 0.4) is 0 Å². The van der Waals surface area contributed by atoms with Crippen LogP contribution in [0.4, 0.5) is 13.2 Å². The van der Waals surface area contributed by atoms with Gasteiger partial charge in [-0.2, -0.15) is 13.2 Å². The van der Waals surface area contributed by atoms with E-state index in [0.717, 1.165) is 4.90 Å². The van der Waals surface area contributed by atoms with Gasteiger partial charge in [-0.05, 0) is 6.07 Å². The SMILES string of the molecule is CC(C)(C)Sc1cnc2[nH]c(C(F)(F)F)nc2c1. The summed E-state index contributed by atoms with van der Waals surface area (Å²) in [5.74, 6) is -1.01. The third kappa shape index (κ3) is 2.95. The lowest BCUT2D eigenvalue weighted by Gasteiger charge is -2.16. The number of imidazole rings is 1. The molecule has 2 rings (SSSR count). The van der Waals surface area contributed by atoms with Crippen LogP contribution in [0, 0.1) is 0 Å². The highest BCUT2D eigenvalue weighted by Gasteiger charge is 2.35. The van der Waals surface area contributed by atoms with Crippen LogP contribution in [-0.4, -0.2) is 19.7 Å². The molecule has 0 saturated carbocycles. The van der Waals surface area contributed by atoms with Crippen molar-refractivity contribution in [3.8, 4) is 0 Å². The fourth-order valence-electron chi connectivity index (χ4n) is 1.42. The fraction of sp³-hybridized carbons (Fsp3) is 0.455. The molecule has 1 N–H and O–H groups in total. The van der Waals surface area contributed by atoms with Crippen LogP contribution in [0.2, 0.25) is 0 Å². The maximum Gasteiger partial charge on any atom is 0.449 e. The molecule has 0 unspecified atom stereocenters. The molecule has 0 aliphatic rings. The molecular formula is C11H12F3N3S. The number of halogens is 3. The first-order valence-corrected chi connectivity index (χ1v) is 6.09. The molecule has 0 aromatic carbocycles. The number of pyridine rings is 1. The second-order valence-corrected chi connectivity index (χ2v) is 6.74. The third-order valence-electron chi connectivity index (χ3n) is 2.00. The number of rotatable bonds is 1. The second-order valence-electron chi connectivity index (χ2n) is 4.84. The number of nitrogens with zero attached hydrogens (tertiary/aromatic N) is 2. The Kier molecular flexibility index (Phi) is 3.04. The number of hydrogen-bond donors (Lipinski definition) is 1. The molecule has 3 nitrogen and oxygen atoms in total. The Bertz CT molecular complexity index is 569. The first kappa shape index (κ1) is 13.2. The van der Waals surface area contributed by atoms with Gasteiger partial charge in [0.05, 0.1) is 0 Å². The minimum atomic E-state index is -4.47. The van der Waals surface area contributed by atoms with Gasteiger partial charge in [-0.15, -0.1) is 11.8 Å². The second kappa shape index (κ2) is 4.15. The zero-order chi connectivity index (χ0) is 13.6. The van der Waals surface area contributed by atoms with E-state index in [2.05, 4.69) is 15.0 Å². The van der Waals surface area contributed by atoms with Crippen LogP contribution in [-0.2, 0) is 6.18 Å². The molecule has 0 amide bonds. The molecule has 98 valence electrons. The number of nitrogens with one attached hydrogen (secondary N) is 1. The maximum atomic E-state index is 12.5. The molecular weight excluding hydrogens is 263 g/mol. The minimum absolute atomic E-state index is 0.0292. The van der Waals surface area contributed by atoms with Crippen molar-refractivity contribution in [3.63, 3.8) is 0 Å². The van der Waals surface area contributed by atoms with E-state index in [0.29, 0.717) is 0 Å². The molecule has 0 bridgehead atoms. The quantitative estimate of drug-likeness (QED) is 0.803. The van der Waals surface area contributed by atoms with Gasteiger partial charge in [0.1, 0.15) is 5.52 Å². The lowest BCUT2D eigenvalue weighted by molar-refractivity contribution is -0.144. The van der Waals surface area contributed by atoms with Crippen molar-refractivity contribution in [2.24, 2.45) is 0 Å². The van der Waals surface area contributed by atoms with Gasteiger partial charge in [0, 0.05) is 15.8 Å². The van der Waals surface area contributed by atoms with Crippen molar-refractivity contribution in [3.05, 3.63) is 18.1 Å². The summed E-state index contributed by atoms with van der Waals surface area (Å²) in [6.07, 6.45) is -2.92. The zero-order valence-corrected chi connectivity index (χ0v) is 10.9. The van der Waals surface area contributed by atoms with E-state index in [-0.39, 0.29) is 15.9 Å². The normalized spacial score (nSPS) is 13.2. The summed E-state index contributed by atoms with van der Waals surface area (Å²) in [6.45, 7) is 6.06. The summed E-state index contributed by atoms with van der Waals surface area (Å²) < 4.78 is 37.4. The summed E-state index contributed by atoms with van der Waals surface area (Å²) >= 11 is 1.53. The lowest BCUT2D eigenvalue weighted by Crippen LogP contribution is -2.06. The van der Waals surface area contributed by atoms with Gasteiger partial charge >= 0.3 is 6.18 Å². The van der Waals surface area contributed by atoms with Gasteiger partial charge in [0.2, 0.25) is 5.82 Å². The molecule has 0 aliphatic heterocycles. The molecule has 0 spiro atoms. The Morgan fingerprint density at radius 1 is 1.22 bits per heavy atom. The van der Waals surface area contributed by atoms with Gasteiger partial charge in [0.25, 0.3) is 0 Å².